The summed E-state index contributed by atoms with van der Waals surface area (Å²) in [7, 11) is -3.69. The predicted octanol–water partition coefficient (Wildman–Crippen LogP) is 4.65. The van der Waals surface area contributed by atoms with Crippen LogP contribution in [0.3, 0.4) is 0 Å². The summed E-state index contributed by atoms with van der Waals surface area (Å²) >= 11 is 0. The van der Waals surface area contributed by atoms with Gasteiger partial charge in [0.2, 0.25) is 0 Å². The summed E-state index contributed by atoms with van der Waals surface area (Å²) in [5, 5.41) is 0. The highest BCUT2D eigenvalue weighted by molar-refractivity contribution is 7.92. The van der Waals surface area contributed by atoms with Gasteiger partial charge in [0.15, 0.2) is 5.78 Å². The highest BCUT2D eigenvalue weighted by Gasteiger charge is 2.14. The lowest BCUT2D eigenvalue weighted by atomic mass is 10.1. The Hall–Kier alpha value is -2.34. The molecule has 0 unspecified atom stereocenters. The maximum Gasteiger partial charge on any atom is 0.261 e. The molecule has 26 heavy (non-hydrogen) atoms. The lowest BCUT2D eigenvalue weighted by Gasteiger charge is -2.10. The second-order valence-electron chi connectivity index (χ2n) is 6.03. The Morgan fingerprint density at radius 2 is 1.62 bits per heavy atom. The van der Waals surface area contributed by atoms with Crippen molar-refractivity contribution in [3.63, 3.8) is 0 Å². The van der Waals surface area contributed by atoms with Crippen LogP contribution in [0, 0.1) is 0 Å². The zero-order chi connectivity index (χ0) is 19.0. The number of unbranched alkanes of at least 4 members (excludes halogenated alkanes) is 1. The number of hydrogen-bond donors (Lipinski definition) is 1. The number of sulfonamides is 1. The molecule has 140 valence electrons. The molecule has 0 bridgehead atoms. The van der Waals surface area contributed by atoms with Gasteiger partial charge in [0.25, 0.3) is 10.0 Å². The first kappa shape index (κ1) is 20.0. The van der Waals surface area contributed by atoms with Crippen molar-refractivity contribution in [1.29, 1.82) is 0 Å². The normalized spacial score (nSPS) is 11.2. The minimum atomic E-state index is -3.69. The van der Waals surface area contributed by atoms with E-state index < -0.39 is 10.0 Å². The number of rotatable bonds is 10. The number of ether oxygens (including phenoxy) is 1. The van der Waals surface area contributed by atoms with Gasteiger partial charge in [-0.25, -0.2) is 8.42 Å². The Bertz CT molecular complexity index is 812. The Morgan fingerprint density at radius 1 is 0.962 bits per heavy atom. The van der Waals surface area contributed by atoms with E-state index in [-0.39, 0.29) is 10.7 Å². The summed E-state index contributed by atoms with van der Waals surface area (Å²) in [5.41, 5.74) is 1.00. The smallest absolute Gasteiger partial charge is 0.261 e. The van der Waals surface area contributed by atoms with E-state index in [1.165, 1.54) is 12.1 Å². The van der Waals surface area contributed by atoms with Crippen molar-refractivity contribution in [2.75, 3.05) is 11.3 Å². The maximum absolute atomic E-state index is 12.5. The molecule has 2 aromatic rings. The van der Waals surface area contributed by atoms with E-state index in [1.54, 1.807) is 36.4 Å². The molecule has 2 rings (SSSR count). The minimum absolute atomic E-state index is 0.0561. The van der Waals surface area contributed by atoms with Gasteiger partial charge in [-0.1, -0.05) is 20.3 Å². The molecule has 0 aliphatic heterocycles. The number of Topliss-reactive ketones (excluding diaryl/α,β-unsaturated/α-hetero) is 1. The number of hydrogen-bond acceptors (Lipinski definition) is 4. The van der Waals surface area contributed by atoms with E-state index in [4.69, 9.17) is 4.74 Å². The zero-order valence-corrected chi connectivity index (χ0v) is 16.0. The average Bonchev–Trinajstić information content (AvgIpc) is 2.63. The van der Waals surface area contributed by atoms with E-state index >= 15 is 0 Å². The van der Waals surface area contributed by atoms with Gasteiger partial charge >= 0.3 is 0 Å². The van der Waals surface area contributed by atoms with Crippen molar-refractivity contribution in [3.05, 3.63) is 54.1 Å². The third-order valence-electron chi connectivity index (χ3n) is 3.84. The molecule has 5 nitrogen and oxygen atoms in total. The number of anilines is 1. The van der Waals surface area contributed by atoms with Crippen molar-refractivity contribution < 1.29 is 17.9 Å². The lowest BCUT2D eigenvalue weighted by Crippen LogP contribution is -2.13. The molecule has 0 radical (unpaired) electrons. The van der Waals surface area contributed by atoms with Crippen molar-refractivity contribution in [2.45, 2.75) is 44.4 Å². The predicted molar refractivity (Wildman–Crippen MR) is 103 cm³/mol. The van der Waals surface area contributed by atoms with Gasteiger partial charge in [0, 0.05) is 17.7 Å². The largest absolute Gasteiger partial charge is 0.494 e. The van der Waals surface area contributed by atoms with Crippen LogP contribution < -0.4 is 9.46 Å². The molecule has 1 N–H and O–H groups in total. The Balaban J connectivity index is 2.04. The SMILES string of the molecule is CCCCOc1ccc(S(=O)(=O)Nc2ccc(C(=O)CCC)cc2)cc1. The van der Waals surface area contributed by atoms with E-state index in [0.717, 1.165) is 19.3 Å². The third kappa shape index (κ3) is 5.59. The lowest BCUT2D eigenvalue weighted by molar-refractivity contribution is 0.0982. The van der Waals surface area contributed by atoms with Crippen LogP contribution in [0.1, 0.15) is 49.9 Å². The van der Waals surface area contributed by atoms with Gasteiger partial charge in [-0.3, -0.25) is 9.52 Å². The van der Waals surface area contributed by atoms with Crippen LogP contribution in [0.4, 0.5) is 5.69 Å². The minimum Gasteiger partial charge on any atom is -0.494 e. The third-order valence-corrected chi connectivity index (χ3v) is 5.23. The fourth-order valence-corrected chi connectivity index (χ4v) is 3.42. The van der Waals surface area contributed by atoms with Crippen LogP contribution in [0.15, 0.2) is 53.4 Å². The number of carbonyl (C=O) groups is 1. The van der Waals surface area contributed by atoms with Gasteiger partial charge in [0.05, 0.1) is 11.5 Å². The number of benzene rings is 2. The summed E-state index contributed by atoms with van der Waals surface area (Å²) in [6.45, 7) is 4.64. The van der Waals surface area contributed by atoms with Crippen molar-refractivity contribution in [2.24, 2.45) is 0 Å². The quantitative estimate of drug-likeness (QED) is 0.485. The molecule has 0 heterocycles. The first-order chi connectivity index (χ1) is 12.5. The van der Waals surface area contributed by atoms with Crippen LogP contribution in [-0.4, -0.2) is 20.8 Å². The topological polar surface area (TPSA) is 72.5 Å². The summed E-state index contributed by atoms with van der Waals surface area (Å²) in [4.78, 5) is 12.0. The van der Waals surface area contributed by atoms with Crippen LogP contribution in [0.25, 0.3) is 0 Å². The van der Waals surface area contributed by atoms with Crippen LogP contribution in [-0.2, 0) is 10.0 Å². The number of nitrogens with one attached hydrogen (secondary N) is 1. The highest BCUT2D eigenvalue weighted by atomic mass is 32.2. The second-order valence-corrected chi connectivity index (χ2v) is 7.71. The monoisotopic (exact) mass is 375 g/mol. The molecule has 6 heteroatoms. The molecule has 0 saturated heterocycles. The van der Waals surface area contributed by atoms with Gasteiger partial charge in [-0.15, -0.1) is 0 Å². The van der Waals surface area contributed by atoms with Gasteiger partial charge < -0.3 is 4.74 Å². The molecular formula is C20H25NO4S. The van der Waals surface area contributed by atoms with Crippen LogP contribution in [0.5, 0.6) is 5.75 Å². The molecule has 0 atom stereocenters. The molecule has 0 fully saturated rings. The van der Waals surface area contributed by atoms with Crippen molar-refractivity contribution >= 4 is 21.5 Å². The van der Waals surface area contributed by atoms with Crippen molar-refractivity contribution in [1.82, 2.24) is 0 Å². The number of ketones is 1. The first-order valence-electron chi connectivity index (χ1n) is 8.85. The fourth-order valence-electron chi connectivity index (χ4n) is 2.36. The average molecular weight is 375 g/mol. The molecular weight excluding hydrogens is 350 g/mol. The Kier molecular flexibility index (Phi) is 7.21. The highest BCUT2D eigenvalue weighted by Crippen LogP contribution is 2.20. The Labute approximate surface area is 155 Å². The molecule has 0 saturated carbocycles. The summed E-state index contributed by atoms with van der Waals surface area (Å²) in [6.07, 6.45) is 3.26. The van der Waals surface area contributed by atoms with E-state index in [9.17, 15) is 13.2 Å². The molecule has 0 aromatic heterocycles. The summed E-state index contributed by atoms with van der Waals surface area (Å²) < 4.78 is 33.0. The van der Waals surface area contributed by atoms with Gasteiger partial charge in [-0.2, -0.15) is 0 Å². The summed E-state index contributed by atoms with van der Waals surface area (Å²) in [6, 6.07) is 12.8. The second kappa shape index (κ2) is 9.38. The zero-order valence-electron chi connectivity index (χ0n) is 15.2. The fraction of sp³-hybridized carbons (Fsp3) is 0.350. The molecule has 0 amide bonds. The standard InChI is InChI=1S/C20H25NO4S/c1-3-5-15-25-18-11-13-19(14-12-18)26(23,24)21-17-9-7-16(8-10-17)20(22)6-4-2/h7-14,21H,3-6,15H2,1-2H3. The Morgan fingerprint density at radius 3 is 2.19 bits per heavy atom. The first-order valence-corrected chi connectivity index (χ1v) is 10.3. The van der Waals surface area contributed by atoms with Crippen LogP contribution in [0.2, 0.25) is 0 Å². The number of carbonyl (C=O) groups excluding carboxylic acids is 1. The maximum atomic E-state index is 12.5. The van der Waals surface area contributed by atoms with Gasteiger partial charge in [-0.05, 0) is 61.4 Å². The van der Waals surface area contributed by atoms with Crippen molar-refractivity contribution in [3.8, 4) is 5.75 Å². The molecule has 0 aliphatic rings. The van der Waals surface area contributed by atoms with E-state index in [0.29, 0.717) is 30.0 Å². The molecule has 0 aliphatic carbocycles. The van der Waals surface area contributed by atoms with E-state index in [2.05, 4.69) is 11.6 Å². The molecule has 2 aromatic carbocycles. The van der Waals surface area contributed by atoms with E-state index in [1.807, 2.05) is 6.92 Å². The summed E-state index contributed by atoms with van der Waals surface area (Å²) in [5.74, 6) is 0.705. The molecule has 0 spiro atoms. The van der Waals surface area contributed by atoms with Gasteiger partial charge in [0.1, 0.15) is 5.75 Å². The van der Waals surface area contributed by atoms with Crippen LogP contribution >= 0.6 is 0 Å².